The van der Waals surface area contributed by atoms with Crippen LogP contribution in [-0.4, -0.2) is 18.7 Å². The fourth-order valence-electron chi connectivity index (χ4n) is 0.884. The van der Waals surface area contributed by atoms with Gasteiger partial charge in [0, 0.05) is 7.11 Å². The summed E-state index contributed by atoms with van der Waals surface area (Å²) in [5, 5.41) is 0. The molecule has 56 valence electrons. The highest BCUT2D eigenvalue weighted by atomic mass is 16.5. The second kappa shape index (κ2) is 3.37. The first kappa shape index (κ1) is 7.28. The van der Waals surface area contributed by atoms with E-state index in [0.717, 1.165) is 13.0 Å². The Morgan fingerprint density at radius 1 is 1.70 bits per heavy atom. The normalized spacial score (nSPS) is 10.2. The zero-order valence-electron chi connectivity index (χ0n) is 6.42. The fraction of sp³-hybridized carbons (Fsp3) is 0.571. The molecule has 0 aliphatic rings. The lowest BCUT2D eigenvalue weighted by atomic mass is 10.4. The average molecular weight is 141 g/mol. The van der Waals surface area contributed by atoms with Crippen molar-refractivity contribution in [3.05, 3.63) is 18.2 Å². The summed E-state index contributed by atoms with van der Waals surface area (Å²) in [6.45, 7) is 0.772. The molecule has 3 nitrogen and oxygen atoms in total. The van der Waals surface area contributed by atoms with Crippen LogP contribution in [0.25, 0.3) is 0 Å². The Labute approximate surface area is 60.6 Å². The van der Waals surface area contributed by atoms with E-state index in [4.69, 9.17) is 4.74 Å². The van der Waals surface area contributed by atoms with E-state index in [1.54, 1.807) is 7.11 Å². The minimum Gasteiger partial charge on any atom is -0.384 e. The molecule has 0 amide bonds. The van der Waals surface area contributed by atoms with Crippen LogP contribution in [0.4, 0.5) is 0 Å². The molecule has 1 aromatic heterocycles. The van der Waals surface area contributed by atoms with Crippen LogP contribution in [0.3, 0.4) is 0 Å². The molecule has 10 heavy (non-hydrogen) atoms. The molecule has 1 rings (SSSR count). The number of aromatic amines is 1. The number of aromatic nitrogens is 2. The molecular formula is C7H13N2O+. The Kier molecular flexibility index (Phi) is 2.45. The minimum absolute atomic E-state index is 0.772. The molecule has 1 aromatic rings. The van der Waals surface area contributed by atoms with Gasteiger partial charge in [0.15, 0.2) is 0 Å². The van der Waals surface area contributed by atoms with Gasteiger partial charge in [0.2, 0.25) is 0 Å². The number of hydrogen-bond donors (Lipinski definition) is 1. The van der Waals surface area contributed by atoms with Crippen LogP contribution in [0.15, 0.2) is 12.4 Å². The van der Waals surface area contributed by atoms with Gasteiger partial charge in [-0.25, -0.2) is 9.55 Å². The second-order valence-electron chi connectivity index (χ2n) is 2.26. The maximum absolute atomic E-state index is 4.94. The van der Waals surface area contributed by atoms with Crippen LogP contribution < -0.4 is 4.57 Å². The van der Waals surface area contributed by atoms with Gasteiger partial charge in [-0.15, -0.1) is 0 Å². The zero-order chi connectivity index (χ0) is 7.40. The molecule has 0 spiro atoms. The number of nitrogens with one attached hydrogen (secondary N) is 1. The number of nitrogens with zero attached hydrogens (tertiary/aromatic N) is 1. The van der Waals surface area contributed by atoms with Crippen LogP contribution in [-0.2, 0) is 18.2 Å². The lowest BCUT2D eigenvalue weighted by molar-refractivity contribution is -0.677. The van der Waals surface area contributed by atoms with Crippen LogP contribution in [0.2, 0.25) is 0 Å². The third kappa shape index (κ3) is 1.57. The van der Waals surface area contributed by atoms with Crippen LogP contribution in [0.5, 0.6) is 0 Å². The molecule has 0 aliphatic heterocycles. The van der Waals surface area contributed by atoms with E-state index in [2.05, 4.69) is 9.55 Å². The summed E-state index contributed by atoms with van der Waals surface area (Å²) in [6, 6.07) is 0. The van der Waals surface area contributed by atoms with E-state index in [1.165, 1.54) is 5.82 Å². The number of H-pyrrole nitrogens is 1. The number of rotatable bonds is 3. The molecule has 0 saturated carbocycles. The number of aryl methyl sites for hydroxylation is 1. The summed E-state index contributed by atoms with van der Waals surface area (Å²) in [5.74, 6) is 1.20. The molecule has 3 heteroatoms. The summed E-state index contributed by atoms with van der Waals surface area (Å²) in [6.07, 6.45) is 4.86. The summed E-state index contributed by atoms with van der Waals surface area (Å²) in [7, 11) is 3.73. The van der Waals surface area contributed by atoms with E-state index in [0.29, 0.717) is 0 Å². The fourth-order valence-corrected chi connectivity index (χ4v) is 0.884. The topological polar surface area (TPSA) is 28.9 Å². The summed E-state index contributed by atoms with van der Waals surface area (Å²) in [5.41, 5.74) is 0. The van der Waals surface area contributed by atoms with Gasteiger partial charge in [0.25, 0.3) is 5.82 Å². The first-order valence-electron chi connectivity index (χ1n) is 3.35. The van der Waals surface area contributed by atoms with Crippen molar-refractivity contribution in [1.82, 2.24) is 4.98 Å². The van der Waals surface area contributed by atoms with Gasteiger partial charge in [0.05, 0.1) is 20.1 Å². The Bertz CT molecular complexity index is 195. The molecule has 0 radical (unpaired) electrons. The van der Waals surface area contributed by atoms with E-state index >= 15 is 0 Å². The molecule has 0 atom stereocenters. The standard InChI is InChI=1S/C7H12N2O/c1-9-5-4-8-7(9)3-6-10-2/h4-5H,3,6H2,1-2H3/p+1. The van der Waals surface area contributed by atoms with Crippen molar-refractivity contribution in [2.45, 2.75) is 6.42 Å². The smallest absolute Gasteiger partial charge is 0.256 e. The average Bonchev–Trinajstić information content (AvgIpc) is 2.31. The summed E-state index contributed by atoms with van der Waals surface area (Å²) in [4.78, 5) is 3.12. The predicted molar refractivity (Wildman–Crippen MR) is 37.5 cm³/mol. The first-order valence-corrected chi connectivity index (χ1v) is 3.35. The molecule has 0 aromatic carbocycles. The van der Waals surface area contributed by atoms with E-state index < -0.39 is 0 Å². The number of imidazole rings is 1. The highest BCUT2D eigenvalue weighted by Gasteiger charge is 2.03. The molecule has 0 saturated heterocycles. The Hall–Kier alpha value is -0.830. The largest absolute Gasteiger partial charge is 0.384 e. The maximum atomic E-state index is 4.94. The molecule has 0 aliphatic carbocycles. The van der Waals surface area contributed by atoms with Crippen molar-refractivity contribution in [3.8, 4) is 0 Å². The second-order valence-corrected chi connectivity index (χ2v) is 2.26. The van der Waals surface area contributed by atoms with Crippen molar-refractivity contribution in [1.29, 1.82) is 0 Å². The highest BCUT2D eigenvalue weighted by molar-refractivity contribution is 4.76. The van der Waals surface area contributed by atoms with Gasteiger partial charge < -0.3 is 4.74 Å². The van der Waals surface area contributed by atoms with Gasteiger partial charge in [-0.1, -0.05) is 0 Å². The van der Waals surface area contributed by atoms with E-state index in [9.17, 15) is 0 Å². The van der Waals surface area contributed by atoms with E-state index in [1.807, 2.05) is 19.4 Å². The van der Waals surface area contributed by atoms with Crippen molar-refractivity contribution in [2.24, 2.45) is 7.05 Å². The van der Waals surface area contributed by atoms with Crippen LogP contribution in [0, 0.1) is 0 Å². The number of methoxy groups -OCH3 is 1. The molecule has 1 N–H and O–H groups in total. The minimum atomic E-state index is 0.772. The van der Waals surface area contributed by atoms with Gasteiger partial charge >= 0.3 is 0 Å². The van der Waals surface area contributed by atoms with E-state index in [-0.39, 0.29) is 0 Å². The lowest BCUT2D eigenvalue weighted by Gasteiger charge is -1.92. The molecule has 0 fully saturated rings. The van der Waals surface area contributed by atoms with Gasteiger partial charge in [0.1, 0.15) is 12.4 Å². The third-order valence-corrected chi connectivity index (χ3v) is 1.52. The Morgan fingerprint density at radius 3 is 3.00 bits per heavy atom. The molecular weight excluding hydrogens is 128 g/mol. The monoisotopic (exact) mass is 141 g/mol. The predicted octanol–water partition coefficient (Wildman–Crippen LogP) is 0.0281. The SMILES string of the molecule is COCCc1[nH]cc[n+]1C. The van der Waals surface area contributed by atoms with Crippen molar-refractivity contribution >= 4 is 0 Å². The zero-order valence-corrected chi connectivity index (χ0v) is 6.42. The van der Waals surface area contributed by atoms with Gasteiger partial charge in [-0.2, -0.15) is 0 Å². The van der Waals surface area contributed by atoms with Crippen molar-refractivity contribution < 1.29 is 9.30 Å². The summed E-state index contributed by atoms with van der Waals surface area (Å²) < 4.78 is 6.99. The van der Waals surface area contributed by atoms with Crippen molar-refractivity contribution in [3.63, 3.8) is 0 Å². The lowest BCUT2D eigenvalue weighted by Crippen LogP contribution is -2.31. The number of ether oxygens (including phenoxy) is 1. The maximum Gasteiger partial charge on any atom is 0.256 e. The third-order valence-electron chi connectivity index (χ3n) is 1.52. The van der Waals surface area contributed by atoms with Crippen molar-refractivity contribution in [2.75, 3.05) is 13.7 Å². The quantitative estimate of drug-likeness (QED) is 0.591. The van der Waals surface area contributed by atoms with Crippen LogP contribution >= 0.6 is 0 Å². The van der Waals surface area contributed by atoms with Crippen LogP contribution in [0.1, 0.15) is 5.82 Å². The number of hydrogen-bond acceptors (Lipinski definition) is 1. The molecule has 0 bridgehead atoms. The Morgan fingerprint density at radius 2 is 2.50 bits per heavy atom. The van der Waals surface area contributed by atoms with Gasteiger partial charge in [-0.3, -0.25) is 0 Å². The highest BCUT2D eigenvalue weighted by Crippen LogP contribution is 1.86. The summed E-state index contributed by atoms with van der Waals surface area (Å²) >= 11 is 0. The molecule has 1 heterocycles. The molecule has 0 unspecified atom stereocenters. The van der Waals surface area contributed by atoms with Gasteiger partial charge in [-0.05, 0) is 0 Å². The first-order chi connectivity index (χ1) is 4.84. The Balaban J connectivity index is 2.49.